The van der Waals surface area contributed by atoms with Crippen LogP contribution in [0.2, 0.25) is 0 Å². The zero-order valence-electron chi connectivity index (χ0n) is 12.3. The summed E-state index contributed by atoms with van der Waals surface area (Å²) in [5, 5.41) is 4.47. The monoisotopic (exact) mass is 292 g/mol. The van der Waals surface area contributed by atoms with Crippen molar-refractivity contribution in [3.8, 4) is 17.0 Å². The number of methoxy groups -OCH3 is 1. The number of hydrogen-bond donors (Lipinski definition) is 0. The van der Waals surface area contributed by atoms with Crippen LogP contribution in [0.3, 0.4) is 0 Å². The summed E-state index contributed by atoms with van der Waals surface area (Å²) < 4.78 is 6.83. The summed E-state index contributed by atoms with van der Waals surface area (Å²) in [6, 6.07) is 20.7. The van der Waals surface area contributed by atoms with Crippen LogP contribution in [0.25, 0.3) is 11.3 Å². The first-order valence-corrected chi connectivity index (χ1v) is 7.03. The molecule has 110 valence electrons. The first-order valence-electron chi connectivity index (χ1n) is 7.03. The number of para-hydroxylation sites is 1. The quantitative estimate of drug-likeness (QED) is 0.742. The van der Waals surface area contributed by atoms with Gasteiger partial charge in [0.05, 0.1) is 19.3 Å². The third-order valence-electron chi connectivity index (χ3n) is 3.42. The lowest BCUT2D eigenvalue weighted by Crippen LogP contribution is -2.22. The zero-order chi connectivity index (χ0) is 15.4. The molecule has 22 heavy (non-hydrogen) atoms. The Bertz CT molecular complexity index is 826. The molecule has 0 saturated carbocycles. The van der Waals surface area contributed by atoms with Crippen molar-refractivity contribution in [1.82, 2.24) is 9.78 Å². The number of hydrogen-bond acceptors (Lipinski definition) is 3. The van der Waals surface area contributed by atoms with Crippen LogP contribution in [0, 0.1) is 0 Å². The van der Waals surface area contributed by atoms with Gasteiger partial charge >= 0.3 is 0 Å². The summed E-state index contributed by atoms with van der Waals surface area (Å²) >= 11 is 0. The fraction of sp³-hybridized carbons (Fsp3) is 0.111. The Morgan fingerprint density at radius 2 is 1.68 bits per heavy atom. The predicted molar refractivity (Wildman–Crippen MR) is 86.0 cm³/mol. The highest BCUT2D eigenvalue weighted by Gasteiger charge is 2.08. The second-order valence-electron chi connectivity index (χ2n) is 4.90. The van der Waals surface area contributed by atoms with E-state index in [1.165, 1.54) is 10.7 Å². The molecule has 0 radical (unpaired) electrons. The Morgan fingerprint density at radius 3 is 2.45 bits per heavy atom. The maximum atomic E-state index is 12.0. The van der Waals surface area contributed by atoms with Crippen molar-refractivity contribution in [3.05, 3.63) is 82.6 Å². The van der Waals surface area contributed by atoms with Gasteiger partial charge in [0.15, 0.2) is 0 Å². The lowest BCUT2D eigenvalue weighted by molar-refractivity contribution is 0.416. The minimum atomic E-state index is -0.123. The first kappa shape index (κ1) is 14.1. The average Bonchev–Trinajstić information content (AvgIpc) is 2.58. The molecule has 1 aromatic heterocycles. The molecule has 0 aliphatic carbocycles. The van der Waals surface area contributed by atoms with Crippen LogP contribution in [-0.2, 0) is 6.54 Å². The summed E-state index contributed by atoms with van der Waals surface area (Å²) in [6.45, 7) is 0.447. The molecule has 4 nitrogen and oxygen atoms in total. The number of aromatic nitrogens is 2. The zero-order valence-corrected chi connectivity index (χ0v) is 12.3. The molecular weight excluding hydrogens is 276 g/mol. The third kappa shape index (κ3) is 2.91. The molecular formula is C18H16N2O2. The lowest BCUT2D eigenvalue weighted by Gasteiger charge is -2.10. The highest BCUT2D eigenvalue weighted by atomic mass is 16.5. The van der Waals surface area contributed by atoms with Crippen molar-refractivity contribution in [2.75, 3.05) is 7.11 Å². The van der Waals surface area contributed by atoms with E-state index in [2.05, 4.69) is 5.10 Å². The molecule has 0 amide bonds. The molecule has 0 spiro atoms. The molecule has 0 N–H and O–H groups in total. The van der Waals surface area contributed by atoms with Crippen LogP contribution in [0.4, 0.5) is 0 Å². The summed E-state index contributed by atoms with van der Waals surface area (Å²) in [4.78, 5) is 12.0. The van der Waals surface area contributed by atoms with Crippen molar-refractivity contribution in [2.45, 2.75) is 6.54 Å². The van der Waals surface area contributed by atoms with Crippen molar-refractivity contribution in [3.63, 3.8) is 0 Å². The molecule has 0 bridgehead atoms. The van der Waals surface area contributed by atoms with Crippen LogP contribution in [0.15, 0.2) is 71.5 Å². The molecule has 0 fully saturated rings. The van der Waals surface area contributed by atoms with Gasteiger partial charge < -0.3 is 4.74 Å². The van der Waals surface area contributed by atoms with E-state index in [1.54, 1.807) is 13.2 Å². The van der Waals surface area contributed by atoms with Crippen molar-refractivity contribution in [1.29, 1.82) is 0 Å². The standard InChI is InChI=1S/C18H16N2O2/c1-22-17-10-6-5-9-15(17)16-11-12-18(21)20(19-16)13-14-7-3-2-4-8-14/h2-12H,13H2,1H3. The molecule has 0 aliphatic rings. The number of nitrogens with zero attached hydrogens (tertiary/aromatic N) is 2. The third-order valence-corrected chi connectivity index (χ3v) is 3.42. The summed E-state index contributed by atoms with van der Waals surface area (Å²) in [5.74, 6) is 0.736. The van der Waals surface area contributed by atoms with Crippen LogP contribution in [-0.4, -0.2) is 16.9 Å². The van der Waals surface area contributed by atoms with E-state index in [0.717, 1.165) is 16.9 Å². The summed E-state index contributed by atoms with van der Waals surface area (Å²) in [6.07, 6.45) is 0. The number of rotatable bonds is 4. The molecule has 0 aliphatic heterocycles. The fourth-order valence-corrected chi connectivity index (χ4v) is 2.32. The minimum Gasteiger partial charge on any atom is -0.496 e. The van der Waals surface area contributed by atoms with E-state index in [4.69, 9.17) is 4.74 Å². The maximum Gasteiger partial charge on any atom is 0.267 e. The normalized spacial score (nSPS) is 10.4. The minimum absolute atomic E-state index is 0.123. The van der Waals surface area contributed by atoms with Gasteiger partial charge in [-0.1, -0.05) is 42.5 Å². The molecule has 1 heterocycles. The Hall–Kier alpha value is -2.88. The molecule has 4 heteroatoms. The van der Waals surface area contributed by atoms with Crippen molar-refractivity contribution in [2.24, 2.45) is 0 Å². The highest BCUT2D eigenvalue weighted by Crippen LogP contribution is 2.27. The van der Waals surface area contributed by atoms with Crippen LogP contribution < -0.4 is 10.3 Å². The van der Waals surface area contributed by atoms with Gasteiger partial charge in [-0.2, -0.15) is 5.10 Å². The van der Waals surface area contributed by atoms with E-state index >= 15 is 0 Å². The predicted octanol–water partition coefficient (Wildman–Crippen LogP) is 2.97. The fourth-order valence-electron chi connectivity index (χ4n) is 2.32. The van der Waals surface area contributed by atoms with Crippen LogP contribution >= 0.6 is 0 Å². The van der Waals surface area contributed by atoms with Crippen molar-refractivity contribution >= 4 is 0 Å². The Labute approximate surface area is 128 Å². The van der Waals surface area contributed by atoms with Crippen LogP contribution in [0.5, 0.6) is 5.75 Å². The second kappa shape index (κ2) is 6.26. The Balaban J connectivity index is 2.01. The van der Waals surface area contributed by atoms with Gasteiger partial charge in [0, 0.05) is 11.6 Å². The van der Waals surface area contributed by atoms with Gasteiger partial charge in [-0.15, -0.1) is 0 Å². The largest absolute Gasteiger partial charge is 0.496 e. The van der Waals surface area contributed by atoms with Gasteiger partial charge in [0.2, 0.25) is 0 Å². The molecule has 0 atom stereocenters. The van der Waals surface area contributed by atoms with E-state index < -0.39 is 0 Å². The first-order chi connectivity index (χ1) is 10.8. The smallest absolute Gasteiger partial charge is 0.267 e. The molecule has 3 aromatic rings. The molecule has 0 unspecified atom stereocenters. The number of ether oxygens (including phenoxy) is 1. The van der Waals surface area contributed by atoms with Crippen LogP contribution in [0.1, 0.15) is 5.56 Å². The summed E-state index contributed by atoms with van der Waals surface area (Å²) in [7, 11) is 1.62. The van der Waals surface area contributed by atoms with Crippen molar-refractivity contribution < 1.29 is 4.74 Å². The van der Waals surface area contributed by atoms with Gasteiger partial charge in [-0.25, -0.2) is 4.68 Å². The lowest BCUT2D eigenvalue weighted by atomic mass is 10.1. The SMILES string of the molecule is COc1ccccc1-c1ccc(=O)n(Cc2ccccc2)n1. The molecule has 3 rings (SSSR count). The highest BCUT2D eigenvalue weighted by molar-refractivity contribution is 5.66. The van der Waals surface area contributed by atoms with Gasteiger partial charge in [0.1, 0.15) is 5.75 Å². The van der Waals surface area contributed by atoms with Gasteiger partial charge in [0.25, 0.3) is 5.56 Å². The number of benzene rings is 2. The topological polar surface area (TPSA) is 44.1 Å². The average molecular weight is 292 g/mol. The van der Waals surface area contributed by atoms with E-state index in [9.17, 15) is 4.79 Å². The van der Waals surface area contributed by atoms with Gasteiger partial charge in [-0.3, -0.25) is 4.79 Å². The summed E-state index contributed by atoms with van der Waals surface area (Å²) in [5.41, 5.74) is 2.50. The Morgan fingerprint density at radius 1 is 0.955 bits per heavy atom. The van der Waals surface area contributed by atoms with Gasteiger partial charge in [-0.05, 0) is 23.8 Å². The van der Waals surface area contributed by atoms with E-state index in [0.29, 0.717) is 12.2 Å². The maximum absolute atomic E-state index is 12.0. The Kier molecular flexibility index (Phi) is 4.01. The van der Waals surface area contributed by atoms with E-state index in [-0.39, 0.29) is 5.56 Å². The molecule has 2 aromatic carbocycles. The van der Waals surface area contributed by atoms with E-state index in [1.807, 2.05) is 54.6 Å². The molecule has 0 saturated heterocycles. The second-order valence-corrected chi connectivity index (χ2v) is 4.90.